The van der Waals surface area contributed by atoms with E-state index >= 15 is 0 Å². The fourth-order valence-electron chi connectivity index (χ4n) is 2.40. The third-order valence-corrected chi connectivity index (χ3v) is 3.65. The molecule has 2 aromatic rings. The van der Waals surface area contributed by atoms with Gasteiger partial charge in [0.15, 0.2) is 0 Å². The molecule has 0 radical (unpaired) electrons. The zero-order chi connectivity index (χ0) is 12.5. The van der Waals surface area contributed by atoms with Crippen molar-refractivity contribution in [3.8, 4) is 0 Å². The highest BCUT2D eigenvalue weighted by Gasteiger charge is 2.20. The van der Waals surface area contributed by atoms with E-state index in [1.165, 1.54) is 29.4 Å². The van der Waals surface area contributed by atoms with Gasteiger partial charge in [-0.05, 0) is 55.5 Å². The summed E-state index contributed by atoms with van der Waals surface area (Å²) >= 11 is 0. The van der Waals surface area contributed by atoms with Crippen LogP contribution in [0, 0.1) is 6.92 Å². The zero-order valence-corrected chi connectivity index (χ0v) is 11.2. The van der Waals surface area contributed by atoms with Crippen molar-refractivity contribution in [1.82, 2.24) is 10.3 Å². The average molecular weight is 240 g/mol. The molecule has 1 aromatic heterocycles. The van der Waals surface area contributed by atoms with Crippen LogP contribution in [0.4, 0.5) is 0 Å². The van der Waals surface area contributed by atoms with Crippen molar-refractivity contribution in [2.45, 2.75) is 45.7 Å². The first-order valence-electron chi connectivity index (χ1n) is 6.89. The van der Waals surface area contributed by atoms with Crippen LogP contribution in [0.15, 0.2) is 24.3 Å². The maximum atomic E-state index is 4.63. The number of pyridine rings is 1. The molecule has 3 rings (SSSR count). The molecule has 0 unspecified atom stereocenters. The molecule has 0 atom stereocenters. The third kappa shape index (κ3) is 2.39. The highest BCUT2D eigenvalue weighted by atomic mass is 14.9. The fraction of sp³-hybridized carbons (Fsp3) is 0.438. The van der Waals surface area contributed by atoms with Gasteiger partial charge in [-0.15, -0.1) is 0 Å². The van der Waals surface area contributed by atoms with Crippen molar-refractivity contribution in [3.05, 3.63) is 41.1 Å². The Labute approximate surface area is 108 Å². The molecule has 2 heteroatoms. The maximum absolute atomic E-state index is 4.63. The Morgan fingerprint density at radius 1 is 1.28 bits per heavy atom. The fourth-order valence-corrected chi connectivity index (χ4v) is 2.40. The predicted molar refractivity (Wildman–Crippen MR) is 75.7 cm³/mol. The lowest BCUT2D eigenvalue weighted by molar-refractivity contribution is 0.690. The molecule has 1 aliphatic carbocycles. The number of aromatic nitrogens is 1. The molecule has 0 spiro atoms. The van der Waals surface area contributed by atoms with Crippen LogP contribution in [0.5, 0.6) is 0 Å². The van der Waals surface area contributed by atoms with E-state index in [1.54, 1.807) is 0 Å². The van der Waals surface area contributed by atoms with E-state index < -0.39 is 0 Å². The molecule has 1 aromatic carbocycles. The molecule has 94 valence electrons. The Hall–Kier alpha value is -1.41. The van der Waals surface area contributed by atoms with Gasteiger partial charge in [-0.25, -0.2) is 0 Å². The van der Waals surface area contributed by atoms with Gasteiger partial charge in [0.1, 0.15) is 0 Å². The molecular formula is C16H20N2. The van der Waals surface area contributed by atoms with Crippen LogP contribution in [-0.2, 0) is 13.0 Å². The van der Waals surface area contributed by atoms with Gasteiger partial charge in [0.05, 0.1) is 5.52 Å². The molecule has 1 heterocycles. The van der Waals surface area contributed by atoms with Gasteiger partial charge >= 0.3 is 0 Å². The Morgan fingerprint density at radius 2 is 2.11 bits per heavy atom. The van der Waals surface area contributed by atoms with Gasteiger partial charge in [-0.2, -0.15) is 0 Å². The summed E-state index contributed by atoms with van der Waals surface area (Å²) in [4.78, 5) is 4.63. The zero-order valence-electron chi connectivity index (χ0n) is 11.2. The molecule has 0 aliphatic heterocycles. The Bertz CT molecular complexity index is 571. The molecule has 18 heavy (non-hydrogen) atoms. The first-order valence-corrected chi connectivity index (χ1v) is 6.89. The largest absolute Gasteiger partial charge is 0.310 e. The normalized spacial score (nSPS) is 15.2. The molecule has 0 saturated heterocycles. The molecule has 1 aliphatic rings. The lowest BCUT2D eigenvalue weighted by Crippen LogP contribution is -2.15. The van der Waals surface area contributed by atoms with Crippen LogP contribution in [0.3, 0.4) is 0 Å². The monoisotopic (exact) mass is 240 g/mol. The highest BCUT2D eigenvalue weighted by molar-refractivity contribution is 5.83. The van der Waals surface area contributed by atoms with Gasteiger partial charge in [0.2, 0.25) is 0 Å². The Balaban J connectivity index is 2.01. The van der Waals surface area contributed by atoms with Crippen molar-refractivity contribution < 1.29 is 0 Å². The maximum Gasteiger partial charge on any atom is 0.0708 e. The van der Waals surface area contributed by atoms with E-state index in [0.717, 1.165) is 30.2 Å². The minimum absolute atomic E-state index is 0.753. The number of nitrogens with zero attached hydrogens (tertiary/aromatic N) is 1. The van der Waals surface area contributed by atoms with Crippen molar-refractivity contribution in [2.75, 3.05) is 0 Å². The smallest absolute Gasteiger partial charge is 0.0708 e. The van der Waals surface area contributed by atoms with Crippen molar-refractivity contribution in [1.29, 1.82) is 0 Å². The van der Waals surface area contributed by atoms with E-state index in [9.17, 15) is 0 Å². The van der Waals surface area contributed by atoms with Crippen molar-refractivity contribution in [2.24, 2.45) is 0 Å². The molecule has 2 nitrogen and oxygen atoms in total. The summed E-state index contributed by atoms with van der Waals surface area (Å²) in [6.45, 7) is 5.25. The molecule has 1 fully saturated rings. The quantitative estimate of drug-likeness (QED) is 0.886. The SMILES string of the molecule is CCc1ccc2nc(C)cc(CNC3CC3)c2c1. The molecule has 1 N–H and O–H groups in total. The first kappa shape index (κ1) is 11.7. The number of hydrogen-bond donors (Lipinski definition) is 1. The second-order valence-corrected chi connectivity index (χ2v) is 5.28. The van der Waals surface area contributed by atoms with Crippen molar-refractivity contribution in [3.63, 3.8) is 0 Å². The van der Waals surface area contributed by atoms with Crippen LogP contribution in [0.2, 0.25) is 0 Å². The number of hydrogen-bond acceptors (Lipinski definition) is 2. The summed E-state index contributed by atoms with van der Waals surface area (Å²) in [7, 11) is 0. The summed E-state index contributed by atoms with van der Waals surface area (Å²) in [6, 6.07) is 9.61. The van der Waals surface area contributed by atoms with Gasteiger partial charge in [0.25, 0.3) is 0 Å². The lowest BCUT2D eigenvalue weighted by Gasteiger charge is -2.10. The van der Waals surface area contributed by atoms with Crippen LogP contribution in [-0.4, -0.2) is 11.0 Å². The number of nitrogens with one attached hydrogen (secondary N) is 1. The Morgan fingerprint density at radius 3 is 2.83 bits per heavy atom. The van der Waals surface area contributed by atoms with Crippen LogP contribution < -0.4 is 5.32 Å². The molecule has 0 bridgehead atoms. The van der Waals surface area contributed by atoms with Crippen LogP contribution >= 0.6 is 0 Å². The second kappa shape index (κ2) is 4.69. The van der Waals surface area contributed by atoms with E-state index in [2.05, 4.69) is 48.4 Å². The lowest BCUT2D eigenvalue weighted by atomic mass is 10.0. The summed E-state index contributed by atoms with van der Waals surface area (Å²) in [5.74, 6) is 0. The molecular weight excluding hydrogens is 220 g/mol. The van der Waals surface area contributed by atoms with Gasteiger partial charge in [-0.3, -0.25) is 4.98 Å². The number of benzene rings is 1. The number of aryl methyl sites for hydroxylation is 2. The van der Waals surface area contributed by atoms with Crippen LogP contribution in [0.1, 0.15) is 36.6 Å². The summed E-state index contributed by atoms with van der Waals surface area (Å²) in [6.07, 6.45) is 3.75. The second-order valence-electron chi connectivity index (χ2n) is 5.28. The van der Waals surface area contributed by atoms with Gasteiger partial charge in [-0.1, -0.05) is 13.0 Å². The van der Waals surface area contributed by atoms with E-state index in [-0.39, 0.29) is 0 Å². The summed E-state index contributed by atoms with van der Waals surface area (Å²) in [5.41, 5.74) is 5.01. The highest BCUT2D eigenvalue weighted by Crippen LogP contribution is 2.23. The Kier molecular flexibility index (Phi) is 3.04. The van der Waals surface area contributed by atoms with Gasteiger partial charge in [0, 0.05) is 23.7 Å². The first-order chi connectivity index (χ1) is 8.76. The predicted octanol–water partition coefficient (Wildman–Crippen LogP) is 3.36. The standard InChI is InChI=1S/C16H20N2/c1-3-12-4-7-16-15(9-12)13(8-11(2)18-16)10-17-14-5-6-14/h4,7-9,14,17H,3,5-6,10H2,1-2H3. The molecule has 0 amide bonds. The topological polar surface area (TPSA) is 24.9 Å². The average Bonchev–Trinajstić information content (AvgIpc) is 3.19. The molecule has 1 saturated carbocycles. The summed E-state index contributed by atoms with van der Waals surface area (Å²) < 4.78 is 0. The van der Waals surface area contributed by atoms with Crippen molar-refractivity contribution >= 4 is 10.9 Å². The minimum Gasteiger partial charge on any atom is -0.310 e. The van der Waals surface area contributed by atoms with E-state index in [0.29, 0.717) is 0 Å². The number of rotatable bonds is 4. The van der Waals surface area contributed by atoms with Crippen LogP contribution in [0.25, 0.3) is 10.9 Å². The summed E-state index contributed by atoms with van der Waals surface area (Å²) in [5, 5.41) is 4.91. The minimum atomic E-state index is 0.753. The van der Waals surface area contributed by atoms with E-state index in [4.69, 9.17) is 0 Å². The number of fused-ring (bicyclic) bond motifs is 1. The third-order valence-electron chi connectivity index (χ3n) is 3.65. The van der Waals surface area contributed by atoms with Gasteiger partial charge < -0.3 is 5.32 Å². The van der Waals surface area contributed by atoms with E-state index in [1.807, 2.05) is 0 Å².